The topological polar surface area (TPSA) is 84.9 Å². The Morgan fingerprint density at radius 3 is 2.72 bits per heavy atom. The summed E-state index contributed by atoms with van der Waals surface area (Å²) in [7, 11) is 0. The van der Waals surface area contributed by atoms with Crippen LogP contribution >= 0.6 is 27.3 Å². The van der Waals surface area contributed by atoms with Crippen LogP contribution in [-0.2, 0) is 9.53 Å². The van der Waals surface area contributed by atoms with Crippen molar-refractivity contribution in [3.8, 4) is 5.75 Å². The van der Waals surface area contributed by atoms with Crippen LogP contribution in [0, 0.1) is 5.92 Å². The van der Waals surface area contributed by atoms with Crippen molar-refractivity contribution in [2.75, 3.05) is 25.1 Å². The van der Waals surface area contributed by atoms with E-state index in [9.17, 15) is 14.7 Å². The molecule has 1 aromatic carbocycles. The Bertz CT molecular complexity index is 789. The van der Waals surface area contributed by atoms with Gasteiger partial charge in [0, 0.05) is 24.8 Å². The summed E-state index contributed by atoms with van der Waals surface area (Å²) in [6, 6.07) is 3.57. The highest BCUT2D eigenvalue weighted by Crippen LogP contribution is 2.44. The number of hydrogen-bond donors (Lipinski definition) is 2. The number of esters is 1. The second kappa shape index (κ2) is 8.64. The van der Waals surface area contributed by atoms with Gasteiger partial charge in [0.05, 0.1) is 22.4 Å². The molecule has 0 aliphatic heterocycles. The van der Waals surface area contributed by atoms with E-state index < -0.39 is 5.97 Å². The fourth-order valence-corrected chi connectivity index (χ4v) is 3.99. The second-order valence-corrected chi connectivity index (χ2v) is 7.43. The van der Waals surface area contributed by atoms with Gasteiger partial charge < -0.3 is 19.9 Å². The fourth-order valence-electron chi connectivity index (χ4n) is 2.18. The summed E-state index contributed by atoms with van der Waals surface area (Å²) in [4.78, 5) is 23.9. The lowest BCUT2D eigenvalue weighted by Gasteiger charge is -2.12. The smallest absolute Gasteiger partial charge is 0.341 e. The number of carbonyl (C=O) groups is 2. The van der Waals surface area contributed by atoms with Crippen molar-refractivity contribution in [2.24, 2.45) is 5.92 Å². The Morgan fingerprint density at radius 2 is 2.12 bits per heavy atom. The number of fused-ring (bicyclic) bond motifs is 1. The summed E-state index contributed by atoms with van der Waals surface area (Å²) in [5.74, 6) is -0.214. The Balaban J connectivity index is 2.57. The Hall–Kier alpha value is -1.64. The zero-order chi connectivity index (χ0) is 18.6. The molecule has 0 saturated carbocycles. The van der Waals surface area contributed by atoms with E-state index in [0.29, 0.717) is 28.3 Å². The van der Waals surface area contributed by atoms with Crippen molar-refractivity contribution < 1.29 is 24.2 Å². The number of anilines is 1. The molecule has 1 aromatic heterocycles. The van der Waals surface area contributed by atoms with Crippen molar-refractivity contribution >= 4 is 54.2 Å². The summed E-state index contributed by atoms with van der Waals surface area (Å²) in [6.07, 6.45) is 0. The van der Waals surface area contributed by atoms with Crippen molar-refractivity contribution in [1.82, 2.24) is 0 Å². The van der Waals surface area contributed by atoms with Crippen LogP contribution in [0.15, 0.2) is 16.6 Å². The molecule has 1 unspecified atom stereocenters. The summed E-state index contributed by atoms with van der Waals surface area (Å²) in [6.45, 7) is 5.57. The maximum atomic E-state index is 12.4. The van der Waals surface area contributed by atoms with Crippen LogP contribution in [0.2, 0.25) is 0 Å². The highest BCUT2D eigenvalue weighted by atomic mass is 79.9. The first kappa shape index (κ1) is 19.7. The lowest BCUT2D eigenvalue weighted by Crippen LogP contribution is -2.12. The van der Waals surface area contributed by atoms with Gasteiger partial charge in [-0.2, -0.15) is 0 Å². The van der Waals surface area contributed by atoms with E-state index in [-0.39, 0.29) is 25.0 Å². The SMILES string of the molecule is CCOC(=O)c1c(NC(C)=O)sc2c(OCC(C)CO)c(Br)ccc12. The molecule has 0 saturated heterocycles. The zero-order valence-corrected chi connectivity index (χ0v) is 16.6. The molecule has 0 bridgehead atoms. The number of nitrogens with one attached hydrogen (secondary N) is 1. The molecular weight excluding hydrogens is 410 g/mol. The fraction of sp³-hybridized carbons (Fsp3) is 0.412. The van der Waals surface area contributed by atoms with E-state index in [0.717, 1.165) is 9.17 Å². The standard InChI is InChI=1S/C17H20BrNO5S/c1-4-23-17(22)13-11-5-6-12(18)14(24-8-9(2)7-20)15(11)25-16(13)19-10(3)21/h5-6,9,20H,4,7-8H2,1-3H3,(H,19,21). The molecule has 8 heteroatoms. The van der Waals surface area contributed by atoms with Crippen LogP contribution in [0.25, 0.3) is 10.1 Å². The molecule has 1 heterocycles. The van der Waals surface area contributed by atoms with Crippen LogP contribution < -0.4 is 10.1 Å². The molecule has 2 aromatic rings. The van der Waals surface area contributed by atoms with E-state index in [2.05, 4.69) is 21.2 Å². The molecule has 2 N–H and O–H groups in total. The number of ether oxygens (including phenoxy) is 2. The number of carbonyl (C=O) groups excluding carboxylic acids is 2. The first-order valence-corrected chi connectivity index (χ1v) is 9.43. The maximum absolute atomic E-state index is 12.4. The average molecular weight is 430 g/mol. The van der Waals surface area contributed by atoms with Gasteiger partial charge in [-0.05, 0) is 28.9 Å². The third kappa shape index (κ3) is 4.50. The van der Waals surface area contributed by atoms with Crippen molar-refractivity contribution in [2.45, 2.75) is 20.8 Å². The zero-order valence-electron chi connectivity index (χ0n) is 14.2. The van der Waals surface area contributed by atoms with Crippen molar-refractivity contribution in [3.63, 3.8) is 0 Å². The lowest BCUT2D eigenvalue weighted by atomic mass is 10.1. The molecule has 25 heavy (non-hydrogen) atoms. The second-order valence-electron chi connectivity index (χ2n) is 5.56. The maximum Gasteiger partial charge on any atom is 0.341 e. The molecular formula is C17H20BrNO5S. The summed E-state index contributed by atoms with van der Waals surface area (Å²) >= 11 is 4.71. The average Bonchev–Trinajstić information content (AvgIpc) is 2.91. The monoisotopic (exact) mass is 429 g/mol. The summed E-state index contributed by atoms with van der Waals surface area (Å²) in [5.41, 5.74) is 0.324. The van der Waals surface area contributed by atoms with Gasteiger partial charge in [0.25, 0.3) is 0 Å². The summed E-state index contributed by atoms with van der Waals surface area (Å²) < 4.78 is 12.4. The number of hydrogen-bond acceptors (Lipinski definition) is 6. The van der Waals surface area contributed by atoms with Gasteiger partial charge in [-0.15, -0.1) is 11.3 Å². The van der Waals surface area contributed by atoms with Gasteiger partial charge in [-0.25, -0.2) is 4.79 Å². The largest absolute Gasteiger partial charge is 0.491 e. The minimum Gasteiger partial charge on any atom is -0.491 e. The number of aliphatic hydroxyl groups is 1. The van der Waals surface area contributed by atoms with Crippen LogP contribution in [0.5, 0.6) is 5.75 Å². The van der Waals surface area contributed by atoms with Crippen LogP contribution in [-0.4, -0.2) is 36.8 Å². The predicted octanol–water partition coefficient (Wildman–Crippen LogP) is 3.81. The number of benzene rings is 1. The summed E-state index contributed by atoms with van der Waals surface area (Å²) in [5, 5.41) is 13.0. The third-order valence-corrected chi connectivity index (χ3v) is 5.10. The van der Waals surface area contributed by atoms with E-state index >= 15 is 0 Å². The molecule has 6 nitrogen and oxygen atoms in total. The van der Waals surface area contributed by atoms with Gasteiger partial charge in [0.1, 0.15) is 10.6 Å². The lowest BCUT2D eigenvalue weighted by molar-refractivity contribution is -0.114. The molecule has 1 atom stereocenters. The number of halogens is 1. The minimum absolute atomic E-state index is 0.0171. The van der Waals surface area contributed by atoms with Crippen molar-refractivity contribution in [3.05, 3.63) is 22.2 Å². The third-order valence-electron chi connectivity index (χ3n) is 3.36. The molecule has 0 spiro atoms. The minimum atomic E-state index is -0.491. The van der Waals surface area contributed by atoms with Gasteiger partial charge in [0.15, 0.2) is 5.75 Å². The molecule has 0 aliphatic carbocycles. The van der Waals surface area contributed by atoms with Crippen molar-refractivity contribution in [1.29, 1.82) is 0 Å². The van der Waals surface area contributed by atoms with Gasteiger partial charge in [-0.3, -0.25) is 4.79 Å². The molecule has 136 valence electrons. The van der Waals surface area contributed by atoms with Crippen LogP contribution in [0.4, 0.5) is 5.00 Å². The van der Waals surface area contributed by atoms with Crippen LogP contribution in [0.1, 0.15) is 31.1 Å². The van der Waals surface area contributed by atoms with E-state index in [1.54, 1.807) is 19.1 Å². The van der Waals surface area contributed by atoms with Gasteiger partial charge in [0.2, 0.25) is 5.91 Å². The Kier molecular flexibility index (Phi) is 6.80. The number of amides is 1. The first-order valence-electron chi connectivity index (χ1n) is 7.82. The van der Waals surface area contributed by atoms with Gasteiger partial charge in [-0.1, -0.05) is 13.0 Å². The predicted molar refractivity (Wildman–Crippen MR) is 102 cm³/mol. The number of thiophene rings is 1. The first-order chi connectivity index (χ1) is 11.9. The van der Waals surface area contributed by atoms with Crippen LogP contribution in [0.3, 0.4) is 0 Å². The number of rotatable bonds is 7. The van der Waals surface area contributed by atoms with E-state index in [1.807, 2.05) is 6.92 Å². The number of aliphatic hydroxyl groups excluding tert-OH is 1. The molecule has 0 radical (unpaired) electrons. The molecule has 2 rings (SSSR count). The Morgan fingerprint density at radius 1 is 1.40 bits per heavy atom. The quantitative estimate of drug-likeness (QED) is 0.653. The molecule has 1 amide bonds. The van der Waals surface area contributed by atoms with E-state index in [1.165, 1.54) is 18.3 Å². The van der Waals surface area contributed by atoms with E-state index in [4.69, 9.17) is 9.47 Å². The molecule has 0 aliphatic rings. The Labute approximate surface area is 158 Å². The van der Waals surface area contributed by atoms with Gasteiger partial charge >= 0.3 is 5.97 Å². The molecule has 0 fully saturated rings. The highest BCUT2D eigenvalue weighted by Gasteiger charge is 2.24. The highest BCUT2D eigenvalue weighted by molar-refractivity contribution is 9.10. The normalized spacial score (nSPS) is 12.0.